The number of hydrogen-bond donors (Lipinski definition) is 2. The molecule has 32 heavy (non-hydrogen) atoms. The third-order valence-corrected chi connectivity index (χ3v) is 6.18. The number of piperidine rings is 1. The fraction of sp³-hybridized carbons (Fsp3) is 0.520. The van der Waals surface area contributed by atoms with Crippen LogP contribution >= 0.6 is 0 Å². The van der Waals surface area contributed by atoms with Crippen LogP contribution in [0, 0.1) is 17.2 Å². The Balaban J connectivity index is 1.68. The molecule has 7 nitrogen and oxygen atoms in total. The van der Waals surface area contributed by atoms with Crippen LogP contribution in [-0.2, 0) is 9.59 Å². The molecule has 1 atom stereocenters. The molecule has 3 rings (SSSR count). The zero-order valence-corrected chi connectivity index (χ0v) is 19.1. The number of hydrogen-bond acceptors (Lipinski definition) is 5. The van der Waals surface area contributed by atoms with E-state index in [1.54, 1.807) is 25.3 Å². The molecule has 0 aliphatic carbocycles. The third-order valence-electron chi connectivity index (χ3n) is 6.18. The van der Waals surface area contributed by atoms with E-state index in [0.717, 1.165) is 68.7 Å². The van der Waals surface area contributed by atoms with E-state index in [0.29, 0.717) is 12.0 Å². The van der Waals surface area contributed by atoms with Crippen LogP contribution < -0.4 is 5.32 Å². The average Bonchev–Trinajstić information content (AvgIpc) is 3.28. The van der Waals surface area contributed by atoms with Crippen molar-refractivity contribution in [1.82, 2.24) is 20.2 Å². The van der Waals surface area contributed by atoms with Crippen molar-refractivity contribution in [2.45, 2.75) is 57.9 Å². The van der Waals surface area contributed by atoms with Crippen LogP contribution in [0.4, 0.5) is 0 Å². The smallest absolute Gasteiger partial charge is 0.223 e. The lowest BCUT2D eigenvalue weighted by Crippen LogP contribution is -2.40. The van der Waals surface area contributed by atoms with Gasteiger partial charge in [0.25, 0.3) is 0 Å². The molecule has 0 radical (unpaired) electrons. The molecular formula is C25H33N5O2. The quantitative estimate of drug-likeness (QED) is 0.550. The number of ketones is 1. The van der Waals surface area contributed by atoms with Gasteiger partial charge in [-0.05, 0) is 70.4 Å². The summed E-state index contributed by atoms with van der Waals surface area (Å²) < 4.78 is 0. The number of aromatic amines is 1. The third kappa shape index (κ3) is 6.76. The van der Waals surface area contributed by atoms with Gasteiger partial charge >= 0.3 is 0 Å². The molecule has 1 aliphatic rings. The van der Waals surface area contributed by atoms with E-state index in [2.05, 4.69) is 33.3 Å². The highest BCUT2D eigenvalue weighted by molar-refractivity contribution is 5.79. The SMILES string of the molecule is CC(=O)CCCCC[C@H](NC(=O)C1CCN(C)CC1)c1ncc(-c2ccc(C#N)cc2)[nH]1. The second-order valence-electron chi connectivity index (χ2n) is 8.81. The molecule has 2 N–H and O–H groups in total. The summed E-state index contributed by atoms with van der Waals surface area (Å²) in [5.74, 6) is 1.11. The Morgan fingerprint density at radius 3 is 2.59 bits per heavy atom. The summed E-state index contributed by atoms with van der Waals surface area (Å²) in [6.45, 7) is 3.51. The molecule has 1 fully saturated rings. The maximum absolute atomic E-state index is 13.0. The maximum Gasteiger partial charge on any atom is 0.223 e. The van der Waals surface area contributed by atoms with Crippen LogP contribution in [-0.4, -0.2) is 46.7 Å². The molecule has 1 aromatic heterocycles. The van der Waals surface area contributed by atoms with Crippen LogP contribution in [0.2, 0.25) is 0 Å². The second-order valence-corrected chi connectivity index (χ2v) is 8.81. The number of likely N-dealkylation sites (tertiary alicyclic amines) is 1. The normalized spacial score (nSPS) is 15.8. The van der Waals surface area contributed by atoms with E-state index in [1.165, 1.54) is 0 Å². The molecule has 1 aliphatic heterocycles. The Morgan fingerprint density at radius 1 is 1.22 bits per heavy atom. The number of Topliss-reactive ketones (excluding diaryl/α,β-unsaturated/α-hetero) is 1. The zero-order chi connectivity index (χ0) is 22.9. The molecule has 7 heteroatoms. The fourth-order valence-corrected chi connectivity index (χ4v) is 4.12. The number of benzene rings is 1. The van der Waals surface area contributed by atoms with Gasteiger partial charge in [-0.15, -0.1) is 0 Å². The van der Waals surface area contributed by atoms with Gasteiger partial charge in [0.05, 0.1) is 29.6 Å². The highest BCUT2D eigenvalue weighted by atomic mass is 16.2. The molecule has 2 aromatic rings. The van der Waals surface area contributed by atoms with E-state index in [4.69, 9.17) is 5.26 Å². The number of carbonyl (C=O) groups is 2. The van der Waals surface area contributed by atoms with Crippen molar-refractivity contribution in [3.05, 3.63) is 41.9 Å². The summed E-state index contributed by atoms with van der Waals surface area (Å²) in [5, 5.41) is 12.2. The minimum atomic E-state index is -0.188. The number of imidazole rings is 1. The second kappa shape index (κ2) is 11.6. The summed E-state index contributed by atoms with van der Waals surface area (Å²) in [7, 11) is 2.09. The van der Waals surface area contributed by atoms with E-state index >= 15 is 0 Å². The number of amides is 1. The van der Waals surface area contributed by atoms with E-state index in [-0.39, 0.29) is 23.7 Å². The van der Waals surface area contributed by atoms with Crippen molar-refractivity contribution in [3.8, 4) is 17.3 Å². The van der Waals surface area contributed by atoms with Gasteiger partial charge in [-0.2, -0.15) is 5.26 Å². The number of rotatable bonds is 10. The minimum Gasteiger partial charge on any atom is -0.346 e. The lowest BCUT2D eigenvalue weighted by molar-refractivity contribution is -0.127. The number of nitriles is 1. The lowest BCUT2D eigenvalue weighted by atomic mass is 9.95. The van der Waals surface area contributed by atoms with Crippen molar-refractivity contribution >= 4 is 11.7 Å². The number of nitrogens with zero attached hydrogens (tertiary/aromatic N) is 3. The average molecular weight is 436 g/mol. The lowest BCUT2D eigenvalue weighted by Gasteiger charge is -2.29. The summed E-state index contributed by atoms with van der Waals surface area (Å²) in [6, 6.07) is 9.29. The molecule has 0 bridgehead atoms. The number of H-pyrrole nitrogens is 1. The largest absolute Gasteiger partial charge is 0.346 e. The summed E-state index contributed by atoms with van der Waals surface area (Å²) in [4.78, 5) is 34.4. The highest BCUT2D eigenvalue weighted by Gasteiger charge is 2.26. The van der Waals surface area contributed by atoms with Crippen molar-refractivity contribution in [1.29, 1.82) is 5.26 Å². The fourth-order valence-electron chi connectivity index (χ4n) is 4.12. The van der Waals surface area contributed by atoms with Crippen LogP contribution in [0.3, 0.4) is 0 Å². The zero-order valence-electron chi connectivity index (χ0n) is 19.1. The van der Waals surface area contributed by atoms with E-state index in [1.807, 2.05) is 12.1 Å². The number of aromatic nitrogens is 2. The Bertz CT molecular complexity index is 936. The number of nitrogens with one attached hydrogen (secondary N) is 2. The Hall–Kier alpha value is -2.98. The predicted molar refractivity (Wildman–Crippen MR) is 124 cm³/mol. The van der Waals surface area contributed by atoms with E-state index in [9.17, 15) is 9.59 Å². The predicted octanol–water partition coefficient (Wildman–Crippen LogP) is 3.99. The first-order valence-electron chi connectivity index (χ1n) is 11.5. The van der Waals surface area contributed by atoms with Crippen molar-refractivity contribution in [2.75, 3.05) is 20.1 Å². The van der Waals surface area contributed by atoms with Gasteiger partial charge in [-0.1, -0.05) is 25.0 Å². The van der Waals surface area contributed by atoms with E-state index < -0.39 is 0 Å². The molecule has 0 saturated carbocycles. The van der Waals surface area contributed by atoms with Gasteiger partial charge in [0.1, 0.15) is 11.6 Å². The summed E-state index contributed by atoms with van der Waals surface area (Å²) in [6.07, 6.45) is 7.65. The van der Waals surface area contributed by atoms with Crippen molar-refractivity contribution in [3.63, 3.8) is 0 Å². The highest BCUT2D eigenvalue weighted by Crippen LogP contribution is 2.25. The summed E-state index contributed by atoms with van der Waals surface area (Å²) in [5.41, 5.74) is 2.42. The van der Waals surface area contributed by atoms with Crippen LogP contribution in [0.15, 0.2) is 30.5 Å². The molecule has 2 heterocycles. The Labute approximate surface area is 190 Å². The van der Waals surface area contributed by atoms with Gasteiger partial charge in [0, 0.05) is 12.3 Å². The first kappa shape index (κ1) is 23.7. The molecule has 0 spiro atoms. The topological polar surface area (TPSA) is 102 Å². The molecular weight excluding hydrogens is 402 g/mol. The summed E-state index contributed by atoms with van der Waals surface area (Å²) >= 11 is 0. The Morgan fingerprint density at radius 2 is 1.94 bits per heavy atom. The standard InChI is InChI=1S/C25H33N5O2/c1-18(31)6-4-3-5-7-22(29-25(32)21-12-14-30(2)15-13-21)24-27-17-23(28-24)20-10-8-19(16-26)9-11-20/h8-11,17,21-22H,3-7,12-15H2,1-2H3,(H,27,28)(H,29,32)/t22-/m0/s1. The number of unbranched alkanes of at least 4 members (excludes halogenated alkanes) is 2. The Kier molecular flexibility index (Phi) is 8.57. The van der Waals surface area contributed by atoms with Crippen LogP contribution in [0.25, 0.3) is 11.3 Å². The molecule has 170 valence electrons. The number of carbonyl (C=O) groups excluding carboxylic acids is 2. The van der Waals surface area contributed by atoms with Gasteiger partial charge in [0.2, 0.25) is 5.91 Å². The van der Waals surface area contributed by atoms with Gasteiger partial charge < -0.3 is 20.0 Å². The molecule has 1 amide bonds. The molecule has 1 aromatic carbocycles. The minimum absolute atomic E-state index is 0.0411. The van der Waals surface area contributed by atoms with Gasteiger partial charge in [0.15, 0.2) is 0 Å². The molecule has 1 saturated heterocycles. The van der Waals surface area contributed by atoms with Crippen molar-refractivity contribution < 1.29 is 9.59 Å². The van der Waals surface area contributed by atoms with Crippen LogP contribution in [0.5, 0.6) is 0 Å². The molecule has 0 unspecified atom stereocenters. The maximum atomic E-state index is 13.0. The van der Waals surface area contributed by atoms with Gasteiger partial charge in [-0.25, -0.2) is 4.98 Å². The monoisotopic (exact) mass is 435 g/mol. The first-order valence-corrected chi connectivity index (χ1v) is 11.5. The first-order chi connectivity index (χ1) is 15.5. The van der Waals surface area contributed by atoms with Crippen molar-refractivity contribution in [2.24, 2.45) is 5.92 Å². The van der Waals surface area contributed by atoms with Crippen LogP contribution in [0.1, 0.15) is 69.3 Å². The van der Waals surface area contributed by atoms with Gasteiger partial charge in [-0.3, -0.25) is 4.79 Å².